The van der Waals surface area contributed by atoms with Gasteiger partial charge in [0.15, 0.2) is 0 Å². The smallest absolute Gasteiger partial charge is 0.248 e. The lowest BCUT2D eigenvalue weighted by molar-refractivity contribution is 0.1000. The molecule has 0 atom stereocenters. The molecule has 1 aromatic heterocycles. The van der Waals surface area contributed by atoms with Gasteiger partial charge in [0.1, 0.15) is 0 Å². The van der Waals surface area contributed by atoms with E-state index in [2.05, 4.69) is 22.8 Å². The first kappa shape index (κ1) is 12.8. The summed E-state index contributed by atoms with van der Waals surface area (Å²) < 4.78 is 0. The van der Waals surface area contributed by atoms with E-state index in [0.717, 1.165) is 25.1 Å². The van der Waals surface area contributed by atoms with Crippen molar-refractivity contribution in [2.24, 2.45) is 5.73 Å². The number of amides is 1. The van der Waals surface area contributed by atoms with Crippen LogP contribution in [0.2, 0.25) is 0 Å². The molecule has 0 fully saturated rings. The molecular weight excluding hydrogens is 244 g/mol. The third-order valence-corrected chi connectivity index (χ3v) is 3.61. The summed E-state index contributed by atoms with van der Waals surface area (Å²) in [5.74, 6) is -0.379. The van der Waals surface area contributed by atoms with Gasteiger partial charge in [-0.3, -0.25) is 4.79 Å². The molecule has 0 aliphatic rings. The van der Waals surface area contributed by atoms with Crippen LogP contribution in [-0.4, -0.2) is 12.5 Å². The Kier molecular flexibility index (Phi) is 4.50. The maximum atomic E-state index is 11.0. The number of thiophene rings is 1. The van der Waals surface area contributed by atoms with Gasteiger partial charge in [0.05, 0.1) is 0 Å². The largest absolute Gasteiger partial charge is 0.366 e. The average Bonchev–Trinajstić information content (AvgIpc) is 2.88. The summed E-state index contributed by atoms with van der Waals surface area (Å²) in [7, 11) is 0. The molecule has 18 heavy (non-hydrogen) atoms. The molecule has 1 amide bonds. The maximum absolute atomic E-state index is 11.0. The molecule has 1 aromatic carbocycles. The van der Waals surface area contributed by atoms with E-state index >= 15 is 0 Å². The van der Waals surface area contributed by atoms with Gasteiger partial charge >= 0.3 is 0 Å². The van der Waals surface area contributed by atoms with Crippen LogP contribution in [0.3, 0.4) is 0 Å². The third kappa shape index (κ3) is 3.68. The number of benzene rings is 1. The van der Waals surface area contributed by atoms with Crippen LogP contribution >= 0.6 is 11.3 Å². The molecule has 2 aromatic rings. The number of nitrogens with two attached hydrogens (primary N) is 1. The van der Waals surface area contributed by atoms with E-state index in [9.17, 15) is 4.79 Å². The van der Waals surface area contributed by atoms with Crippen LogP contribution in [0.5, 0.6) is 0 Å². The molecule has 4 heteroatoms. The Morgan fingerprint density at radius 1 is 1.28 bits per heavy atom. The van der Waals surface area contributed by atoms with E-state index in [1.165, 1.54) is 4.88 Å². The van der Waals surface area contributed by atoms with Crippen LogP contribution in [0.25, 0.3) is 0 Å². The lowest BCUT2D eigenvalue weighted by Gasteiger charge is -2.05. The van der Waals surface area contributed by atoms with Crippen LogP contribution in [0.4, 0.5) is 0 Å². The highest BCUT2D eigenvalue weighted by Gasteiger charge is 2.01. The average molecular weight is 260 g/mol. The number of carbonyl (C=O) groups is 1. The van der Waals surface area contributed by atoms with Gasteiger partial charge in [0.25, 0.3) is 0 Å². The topological polar surface area (TPSA) is 55.1 Å². The number of nitrogens with one attached hydrogen (secondary N) is 1. The summed E-state index contributed by atoms with van der Waals surface area (Å²) in [6, 6.07) is 11.6. The van der Waals surface area contributed by atoms with Crippen LogP contribution in [-0.2, 0) is 13.0 Å². The quantitative estimate of drug-likeness (QED) is 0.782. The normalized spacial score (nSPS) is 10.4. The molecule has 1 heterocycles. The minimum Gasteiger partial charge on any atom is -0.366 e. The SMILES string of the molecule is NC(=O)c1cccc(CNCCc2cccs2)c1. The zero-order valence-electron chi connectivity index (χ0n) is 10.1. The van der Waals surface area contributed by atoms with Crippen molar-refractivity contribution >= 4 is 17.2 Å². The monoisotopic (exact) mass is 260 g/mol. The number of hydrogen-bond acceptors (Lipinski definition) is 3. The van der Waals surface area contributed by atoms with Crippen molar-refractivity contribution in [2.45, 2.75) is 13.0 Å². The van der Waals surface area contributed by atoms with Crippen LogP contribution in [0, 0.1) is 0 Å². The van der Waals surface area contributed by atoms with E-state index in [4.69, 9.17) is 5.73 Å². The minimum absolute atomic E-state index is 0.379. The number of primary amides is 1. The van der Waals surface area contributed by atoms with E-state index < -0.39 is 0 Å². The van der Waals surface area contributed by atoms with Crippen LogP contribution < -0.4 is 11.1 Å². The summed E-state index contributed by atoms with van der Waals surface area (Å²) >= 11 is 1.77. The fraction of sp³-hybridized carbons (Fsp3) is 0.214. The van der Waals surface area contributed by atoms with Gasteiger partial charge in [-0.2, -0.15) is 0 Å². The summed E-state index contributed by atoms with van der Waals surface area (Å²) in [4.78, 5) is 12.4. The van der Waals surface area contributed by atoms with Crippen molar-refractivity contribution in [3.8, 4) is 0 Å². The molecule has 0 bridgehead atoms. The number of hydrogen-bond donors (Lipinski definition) is 2. The van der Waals surface area contributed by atoms with Gasteiger partial charge in [-0.1, -0.05) is 18.2 Å². The highest BCUT2D eigenvalue weighted by molar-refractivity contribution is 7.09. The maximum Gasteiger partial charge on any atom is 0.248 e. The number of carbonyl (C=O) groups excluding carboxylic acids is 1. The molecule has 3 N–H and O–H groups in total. The predicted molar refractivity (Wildman–Crippen MR) is 74.7 cm³/mol. The molecule has 0 saturated heterocycles. The van der Waals surface area contributed by atoms with E-state index in [-0.39, 0.29) is 5.91 Å². The van der Waals surface area contributed by atoms with Gasteiger partial charge < -0.3 is 11.1 Å². The molecule has 0 aliphatic carbocycles. The van der Waals surface area contributed by atoms with Gasteiger partial charge in [0, 0.05) is 23.5 Å². The molecule has 0 aliphatic heterocycles. The molecular formula is C14H16N2OS. The Bertz CT molecular complexity index is 508. The third-order valence-electron chi connectivity index (χ3n) is 2.67. The molecule has 2 rings (SSSR count). The first-order valence-electron chi connectivity index (χ1n) is 5.87. The van der Waals surface area contributed by atoms with Crippen molar-refractivity contribution < 1.29 is 4.79 Å². The summed E-state index contributed by atoms with van der Waals surface area (Å²) in [6.45, 7) is 1.69. The van der Waals surface area contributed by atoms with Crippen molar-refractivity contribution in [2.75, 3.05) is 6.54 Å². The van der Waals surface area contributed by atoms with Crippen molar-refractivity contribution in [3.63, 3.8) is 0 Å². The fourth-order valence-electron chi connectivity index (χ4n) is 1.73. The Balaban J connectivity index is 1.79. The Morgan fingerprint density at radius 3 is 2.89 bits per heavy atom. The molecule has 0 unspecified atom stereocenters. The minimum atomic E-state index is -0.379. The first-order chi connectivity index (χ1) is 8.75. The Labute approximate surface area is 111 Å². The van der Waals surface area contributed by atoms with Gasteiger partial charge in [-0.25, -0.2) is 0 Å². The standard InChI is InChI=1S/C14H16N2OS/c15-14(17)12-4-1-3-11(9-12)10-16-7-6-13-5-2-8-18-13/h1-5,8-9,16H,6-7,10H2,(H2,15,17). The molecule has 0 spiro atoms. The predicted octanol–water partition coefficient (Wildman–Crippen LogP) is 2.18. The second-order valence-electron chi connectivity index (χ2n) is 4.07. The highest BCUT2D eigenvalue weighted by Crippen LogP contribution is 2.08. The zero-order chi connectivity index (χ0) is 12.8. The Morgan fingerprint density at radius 2 is 2.17 bits per heavy atom. The summed E-state index contributed by atoms with van der Waals surface area (Å²) in [5, 5.41) is 5.45. The molecule has 0 saturated carbocycles. The molecule has 0 radical (unpaired) electrons. The fourth-order valence-corrected chi connectivity index (χ4v) is 2.44. The van der Waals surface area contributed by atoms with Crippen LogP contribution in [0.15, 0.2) is 41.8 Å². The van der Waals surface area contributed by atoms with E-state index in [1.807, 2.05) is 18.2 Å². The second kappa shape index (κ2) is 6.33. The van der Waals surface area contributed by atoms with Crippen molar-refractivity contribution in [3.05, 3.63) is 57.8 Å². The second-order valence-corrected chi connectivity index (χ2v) is 5.10. The lowest BCUT2D eigenvalue weighted by Crippen LogP contribution is -2.17. The summed E-state index contributed by atoms with van der Waals surface area (Å²) in [5.41, 5.74) is 6.89. The first-order valence-corrected chi connectivity index (χ1v) is 6.75. The summed E-state index contributed by atoms with van der Waals surface area (Å²) in [6.07, 6.45) is 1.03. The molecule has 3 nitrogen and oxygen atoms in total. The van der Waals surface area contributed by atoms with E-state index in [1.54, 1.807) is 17.4 Å². The lowest BCUT2D eigenvalue weighted by atomic mass is 10.1. The van der Waals surface area contributed by atoms with Gasteiger partial charge in [-0.15, -0.1) is 11.3 Å². The molecule has 94 valence electrons. The van der Waals surface area contributed by atoms with Crippen molar-refractivity contribution in [1.82, 2.24) is 5.32 Å². The van der Waals surface area contributed by atoms with E-state index in [0.29, 0.717) is 5.56 Å². The van der Waals surface area contributed by atoms with Crippen LogP contribution in [0.1, 0.15) is 20.8 Å². The number of rotatable bonds is 6. The highest BCUT2D eigenvalue weighted by atomic mass is 32.1. The van der Waals surface area contributed by atoms with Gasteiger partial charge in [0.2, 0.25) is 5.91 Å². The van der Waals surface area contributed by atoms with Gasteiger partial charge in [-0.05, 0) is 35.6 Å². The zero-order valence-corrected chi connectivity index (χ0v) is 10.9. The Hall–Kier alpha value is -1.65. The van der Waals surface area contributed by atoms with Crippen molar-refractivity contribution in [1.29, 1.82) is 0 Å².